The maximum atomic E-state index is 12.4. The van der Waals surface area contributed by atoms with E-state index in [0.29, 0.717) is 24.4 Å². The van der Waals surface area contributed by atoms with Gasteiger partial charge in [-0.05, 0) is 31.2 Å². The second-order valence-electron chi connectivity index (χ2n) is 6.44. The van der Waals surface area contributed by atoms with Crippen molar-refractivity contribution in [1.29, 1.82) is 0 Å². The largest absolute Gasteiger partial charge is 0.497 e. The van der Waals surface area contributed by atoms with Crippen LogP contribution in [0.5, 0.6) is 11.5 Å². The molecule has 6 heteroatoms. The molecule has 27 heavy (non-hydrogen) atoms. The summed E-state index contributed by atoms with van der Waals surface area (Å²) in [6.45, 7) is 4.30. The van der Waals surface area contributed by atoms with Crippen molar-refractivity contribution in [2.45, 2.75) is 6.92 Å². The fraction of sp³-hybridized carbons (Fsp3) is 0.333. The highest BCUT2D eigenvalue weighted by molar-refractivity contribution is 5.94. The van der Waals surface area contributed by atoms with E-state index in [0.717, 1.165) is 24.5 Å². The number of benzene rings is 2. The Kier molecular flexibility index (Phi) is 5.96. The molecule has 0 N–H and O–H groups in total. The van der Waals surface area contributed by atoms with Gasteiger partial charge in [0.2, 0.25) is 0 Å². The van der Waals surface area contributed by atoms with E-state index >= 15 is 0 Å². The number of Topliss-reactive ketones (excluding diaryl/α,β-unsaturated/α-hetero) is 1. The van der Waals surface area contributed by atoms with Crippen LogP contribution < -0.4 is 14.4 Å². The SMILES string of the molecule is COc1cccc(N2CCN(C(=O)COc3cccc(C(C)=O)c3)CC2)c1. The first kappa shape index (κ1) is 18.8. The molecule has 0 spiro atoms. The number of ketones is 1. The molecule has 3 rings (SSSR count). The van der Waals surface area contributed by atoms with Crippen molar-refractivity contribution in [2.24, 2.45) is 0 Å². The van der Waals surface area contributed by atoms with Crippen molar-refractivity contribution in [3.63, 3.8) is 0 Å². The Bertz CT molecular complexity index is 813. The third-order valence-corrected chi connectivity index (χ3v) is 4.65. The van der Waals surface area contributed by atoms with E-state index in [1.807, 2.05) is 29.2 Å². The first-order valence-corrected chi connectivity index (χ1v) is 8.97. The van der Waals surface area contributed by atoms with Gasteiger partial charge in [-0.15, -0.1) is 0 Å². The number of hydrogen-bond acceptors (Lipinski definition) is 5. The van der Waals surface area contributed by atoms with Crippen LogP contribution in [0.1, 0.15) is 17.3 Å². The second-order valence-corrected chi connectivity index (χ2v) is 6.44. The number of rotatable bonds is 6. The summed E-state index contributed by atoms with van der Waals surface area (Å²) in [6, 6.07) is 14.8. The van der Waals surface area contributed by atoms with Crippen LogP contribution in [0.4, 0.5) is 5.69 Å². The summed E-state index contributed by atoms with van der Waals surface area (Å²) in [5.74, 6) is 1.28. The van der Waals surface area contributed by atoms with Gasteiger partial charge >= 0.3 is 0 Å². The quantitative estimate of drug-likeness (QED) is 0.734. The number of nitrogens with zero attached hydrogens (tertiary/aromatic N) is 2. The summed E-state index contributed by atoms with van der Waals surface area (Å²) in [5.41, 5.74) is 1.67. The Morgan fingerprint density at radius 2 is 1.67 bits per heavy atom. The van der Waals surface area contributed by atoms with Gasteiger partial charge in [-0.3, -0.25) is 9.59 Å². The van der Waals surface area contributed by atoms with Crippen molar-refractivity contribution in [3.8, 4) is 11.5 Å². The van der Waals surface area contributed by atoms with Gasteiger partial charge in [0.25, 0.3) is 5.91 Å². The molecule has 0 saturated carbocycles. The van der Waals surface area contributed by atoms with Crippen LogP contribution in [0, 0.1) is 0 Å². The van der Waals surface area contributed by atoms with Crippen LogP contribution in [-0.2, 0) is 4.79 Å². The number of hydrogen-bond donors (Lipinski definition) is 0. The van der Waals surface area contributed by atoms with Gasteiger partial charge in [0.05, 0.1) is 7.11 Å². The summed E-state index contributed by atoms with van der Waals surface area (Å²) < 4.78 is 10.9. The number of anilines is 1. The maximum Gasteiger partial charge on any atom is 0.260 e. The third kappa shape index (κ3) is 4.78. The molecule has 1 fully saturated rings. The molecule has 2 aromatic rings. The predicted octanol–water partition coefficient (Wildman–Crippen LogP) is 2.63. The fourth-order valence-corrected chi connectivity index (χ4v) is 3.06. The fourth-order valence-electron chi connectivity index (χ4n) is 3.06. The van der Waals surface area contributed by atoms with Gasteiger partial charge < -0.3 is 19.3 Å². The van der Waals surface area contributed by atoms with E-state index in [1.54, 1.807) is 31.4 Å². The molecule has 1 aliphatic rings. The molecule has 142 valence electrons. The van der Waals surface area contributed by atoms with E-state index in [1.165, 1.54) is 6.92 Å². The van der Waals surface area contributed by atoms with Gasteiger partial charge in [0, 0.05) is 43.5 Å². The van der Waals surface area contributed by atoms with E-state index < -0.39 is 0 Å². The highest BCUT2D eigenvalue weighted by atomic mass is 16.5. The topological polar surface area (TPSA) is 59.1 Å². The minimum atomic E-state index is -0.0477. The van der Waals surface area contributed by atoms with Crippen molar-refractivity contribution >= 4 is 17.4 Å². The molecule has 0 aromatic heterocycles. The Morgan fingerprint density at radius 3 is 2.37 bits per heavy atom. The molecule has 1 heterocycles. The maximum absolute atomic E-state index is 12.4. The van der Waals surface area contributed by atoms with Gasteiger partial charge in [-0.2, -0.15) is 0 Å². The van der Waals surface area contributed by atoms with Crippen LogP contribution in [-0.4, -0.2) is 56.5 Å². The van der Waals surface area contributed by atoms with E-state index in [2.05, 4.69) is 4.90 Å². The van der Waals surface area contributed by atoms with Crippen molar-refractivity contribution in [2.75, 3.05) is 44.8 Å². The lowest BCUT2D eigenvalue weighted by molar-refractivity contribution is -0.133. The van der Waals surface area contributed by atoms with Crippen LogP contribution in [0.2, 0.25) is 0 Å². The second kappa shape index (κ2) is 8.58. The van der Waals surface area contributed by atoms with Gasteiger partial charge in [-0.25, -0.2) is 0 Å². The number of methoxy groups -OCH3 is 1. The Labute approximate surface area is 159 Å². The number of ether oxygens (including phenoxy) is 2. The molecular weight excluding hydrogens is 344 g/mol. The molecule has 0 unspecified atom stereocenters. The van der Waals surface area contributed by atoms with Crippen molar-refractivity contribution < 1.29 is 19.1 Å². The van der Waals surface area contributed by atoms with E-state index in [4.69, 9.17) is 9.47 Å². The Hall–Kier alpha value is -3.02. The lowest BCUT2D eigenvalue weighted by Gasteiger charge is -2.36. The normalized spacial score (nSPS) is 14.0. The standard InChI is InChI=1S/C21H24N2O4/c1-16(24)17-5-3-8-20(13-17)27-15-21(25)23-11-9-22(10-12-23)18-6-4-7-19(14-18)26-2/h3-8,13-14H,9-12,15H2,1-2H3. The molecule has 1 aliphatic heterocycles. The summed E-state index contributed by atoms with van der Waals surface area (Å²) in [4.78, 5) is 27.9. The zero-order valence-electron chi connectivity index (χ0n) is 15.7. The highest BCUT2D eigenvalue weighted by Crippen LogP contribution is 2.22. The average molecular weight is 368 g/mol. The van der Waals surface area contributed by atoms with Gasteiger partial charge in [0.15, 0.2) is 12.4 Å². The third-order valence-electron chi connectivity index (χ3n) is 4.65. The van der Waals surface area contributed by atoms with E-state index in [-0.39, 0.29) is 18.3 Å². The van der Waals surface area contributed by atoms with Crippen LogP contribution in [0.15, 0.2) is 48.5 Å². The molecule has 0 radical (unpaired) electrons. The first-order chi connectivity index (χ1) is 13.1. The molecule has 6 nitrogen and oxygen atoms in total. The lowest BCUT2D eigenvalue weighted by atomic mass is 10.1. The number of carbonyl (C=O) groups excluding carboxylic acids is 2. The summed E-state index contributed by atoms with van der Waals surface area (Å²) in [5, 5.41) is 0. The summed E-state index contributed by atoms with van der Waals surface area (Å²) in [7, 11) is 1.65. The predicted molar refractivity (Wildman–Crippen MR) is 104 cm³/mol. The minimum absolute atomic E-state index is 0.0273. The molecular formula is C21H24N2O4. The molecule has 2 aromatic carbocycles. The van der Waals surface area contributed by atoms with Gasteiger partial charge in [-0.1, -0.05) is 18.2 Å². The highest BCUT2D eigenvalue weighted by Gasteiger charge is 2.22. The zero-order valence-corrected chi connectivity index (χ0v) is 15.7. The van der Waals surface area contributed by atoms with Crippen molar-refractivity contribution in [1.82, 2.24) is 4.90 Å². The summed E-state index contributed by atoms with van der Waals surface area (Å²) in [6.07, 6.45) is 0. The van der Waals surface area contributed by atoms with E-state index in [9.17, 15) is 9.59 Å². The summed E-state index contributed by atoms with van der Waals surface area (Å²) >= 11 is 0. The number of carbonyl (C=O) groups is 2. The Balaban J connectivity index is 1.51. The average Bonchev–Trinajstić information content (AvgIpc) is 2.72. The lowest BCUT2D eigenvalue weighted by Crippen LogP contribution is -2.50. The number of amides is 1. The molecule has 1 amide bonds. The monoisotopic (exact) mass is 368 g/mol. The molecule has 0 aliphatic carbocycles. The van der Waals surface area contributed by atoms with Gasteiger partial charge in [0.1, 0.15) is 11.5 Å². The minimum Gasteiger partial charge on any atom is -0.497 e. The molecule has 0 atom stereocenters. The van der Waals surface area contributed by atoms with Crippen LogP contribution in [0.25, 0.3) is 0 Å². The zero-order chi connectivity index (χ0) is 19.2. The Morgan fingerprint density at radius 1 is 0.963 bits per heavy atom. The van der Waals surface area contributed by atoms with Crippen LogP contribution in [0.3, 0.4) is 0 Å². The molecule has 1 saturated heterocycles. The van der Waals surface area contributed by atoms with Crippen molar-refractivity contribution in [3.05, 3.63) is 54.1 Å². The number of piperazine rings is 1. The smallest absolute Gasteiger partial charge is 0.260 e. The first-order valence-electron chi connectivity index (χ1n) is 8.97. The molecule has 0 bridgehead atoms. The van der Waals surface area contributed by atoms with Crippen LogP contribution >= 0.6 is 0 Å².